The lowest BCUT2D eigenvalue weighted by Crippen LogP contribution is -2.16. The van der Waals surface area contributed by atoms with E-state index in [0.717, 1.165) is 11.8 Å². The molecule has 26 heavy (non-hydrogen) atoms. The van der Waals surface area contributed by atoms with Crippen molar-refractivity contribution in [3.05, 3.63) is 59.7 Å². The van der Waals surface area contributed by atoms with Crippen LogP contribution in [0.4, 0.5) is 0 Å². The number of nitrogens with zero attached hydrogens (tertiary/aromatic N) is 1. The number of esters is 1. The summed E-state index contributed by atoms with van der Waals surface area (Å²) in [4.78, 5) is 12.9. The van der Waals surface area contributed by atoms with Crippen molar-refractivity contribution < 1.29 is 22.2 Å². The standard InChI is InChI=1S/C18H19NO5S2/c1-12-4-8-14(9-5-12)25(21)19-16(17(19)18(20)24-2)13-6-10-15(11-7-13)26(3,22)23/h4-11,16-17H,1-3H3/t16-,17-,19?,25?/m0/s1. The largest absolute Gasteiger partial charge is 0.468 e. The average molecular weight is 393 g/mol. The highest BCUT2D eigenvalue weighted by Crippen LogP contribution is 2.46. The first kappa shape index (κ1) is 18.8. The summed E-state index contributed by atoms with van der Waals surface area (Å²) < 4.78 is 42.5. The molecule has 3 rings (SSSR count). The summed E-state index contributed by atoms with van der Waals surface area (Å²) in [5.41, 5.74) is 1.77. The molecule has 0 spiro atoms. The Labute approximate surface area is 155 Å². The van der Waals surface area contributed by atoms with Crippen LogP contribution in [0.1, 0.15) is 17.2 Å². The van der Waals surface area contributed by atoms with Gasteiger partial charge in [-0.2, -0.15) is 4.31 Å². The van der Waals surface area contributed by atoms with Gasteiger partial charge in [0.2, 0.25) is 0 Å². The summed E-state index contributed by atoms with van der Waals surface area (Å²) in [5.74, 6) is -0.470. The van der Waals surface area contributed by atoms with Gasteiger partial charge in [0.25, 0.3) is 0 Å². The van der Waals surface area contributed by atoms with Crippen molar-refractivity contribution in [2.24, 2.45) is 0 Å². The SMILES string of the molecule is COC(=O)[C@@H]1[C@H](c2ccc(S(C)(=O)=O)cc2)N1S(=O)c1ccc(C)cc1. The van der Waals surface area contributed by atoms with Gasteiger partial charge in [0, 0.05) is 6.26 Å². The van der Waals surface area contributed by atoms with Crippen molar-refractivity contribution in [1.29, 1.82) is 0 Å². The summed E-state index contributed by atoms with van der Waals surface area (Å²) in [5, 5.41) is 0. The number of benzene rings is 2. The molecule has 1 aliphatic heterocycles. The molecule has 0 aromatic heterocycles. The van der Waals surface area contributed by atoms with Crippen molar-refractivity contribution in [1.82, 2.24) is 4.31 Å². The van der Waals surface area contributed by atoms with E-state index in [1.165, 1.54) is 19.2 Å². The number of aryl methyl sites for hydroxylation is 1. The fourth-order valence-corrected chi connectivity index (χ4v) is 4.83. The molecule has 2 aromatic rings. The van der Waals surface area contributed by atoms with Crippen LogP contribution in [-0.4, -0.2) is 42.3 Å². The van der Waals surface area contributed by atoms with E-state index < -0.39 is 38.9 Å². The second-order valence-electron chi connectivity index (χ2n) is 6.18. The Bertz CT molecular complexity index is 952. The predicted octanol–water partition coefficient (Wildman–Crippen LogP) is 2.02. The van der Waals surface area contributed by atoms with Crippen molar-refractivity contribution in [2.45, 2.75) is 28.8 Å². The smallest absolute Gasteiger partial charge is 0.326 e. The van der Waals surface area contributed by atoms with E-state index in [4.69, 9.17) is 4.74 Å². The van der Waals surface area contributed by atoms with E-state index in [1.54, 1.807) is 28.6 Å². The van der Waals surface area contributed by atoms with Crippen LogP contribution in [0.3, 0.4) is 0 Å². The van der Waals surface area contributed by atoms with Crippen molar-refractivity contribution in [2.75, 3.05) is 13.4 Å². The quantitative estimate of drug-likeness (QED) is 0.573. The van der Waals surface area contributed by atoms with E-state index in [1.807, 2.05) is 19.1 Å². The highest BCUT2D eigenvalue weighted by atomic mass is 32.2. The number of hydrogen-bond donors (Lipinski definition) is 0. The Morgan fingerprint density at radius 1 is 1.08 bits per heavy atom. The molecule has 1 saturated heterocycles. The summed E-state index contributed by atoms with van der Waals surface area (Å²) in [7, 11) is -3.54. The molecule has 0 N–H and O–H groups in total. The maximum Gasteiger partial charge on any atom is 0.326 e. The lowest BCUT2D eigenvalue weighted by molar-refractivity contribution is -0.140. The molecule has 4 atom stereocenters. The molecule has 2 aromatic carbocycles. The summed E-state index contributed by atoms with van der Waals surface area (Å²) >= 11 is 0. The van der Waals surface area contributed by atoms with Crippen LogP contribution < -0.4 is 0 Å². The lowest BCUT2D eigenvalue weighted by atomic mass is 10.1. The second-order valence-corrected chi connectivity index (χ2v) is 9.58. The first-order chi connectivity index (χ1) is 12.2. The number of ether oxygens (including phenoxy) is 1. The van der Waals surface area contributed by atoms with Gasteiger partial charge in [-0.25, -0.2) is 12.6 Å². The first-order valence-corrected chi connectivity index (χ1v) is 10.9. The summed E-state index contributed by atoms with van der Waals surface area (Å²) in [6.07, 6.45) is 1.13. The zero-order valence-corrected chi connectivity index (χ0v) is 16.2. The Kier molecular flexibility index (Phi) is 5.01. The van der Waals surface area contributed by atoms with Crippen LogP contribution in [-0.2, 0) is 30.4 Å². The van der Waals surface area contributed by atoms with E-state index in [0.29, 0.717) is 10.5 Å². The lowest BCUT2D eigenvalue weighted by Gasteiger charge is -2.05. The van der Waals surface area contributed by atoms with Gasteiger partial charge in [0.15, 0.2) is 9.84 Å². The molecule has 0 amide bonds. The van der Waals surface area contributed by atoms with Gasteiger partial charge in [-0.05, 0) is 36.8 Å². The zero-order chi connectivity index (χ0) is 19.1. The second kappa shape index (κ2) is 6.94. The Hall–Kier alpha value is -2.03. The minimum absolute atomic E-state index is 0.197. The van der Waals surface area contributed by atoms with Gasteiger partial charge >= 0.3 is 5.97 Å². The zero-order valence-electron chi connectivity index (χ0n) is 14.6. The van der Waals surface area contributed by atoms with Crippen LogP contribution in [0.25, 0.3) is 0 Å². The predicted molar refractivity (Wildman–Crippen MR) is 97.5 cm³/mol. The molecule has 1 aliphatic rings. The molecule has 0 bridgehead atoms. The van der Waals surface area contributed by atoms with Crippen molar-refractivity contribution in [3.63, 3.8) is 0 Å². The molecular weight excluding hydrogens is 374 g/mol. The van der Waals surface area contributed by atoms with Gasteiger partial charge in [-0.1, -0.05) is 29.8 Å². The normalized spacial score (nSPS) is 23.3. The average Bonchev–Trinajstić information content (AvgIpc) is 3.36. The maximum atomic E-state index is 12.9. The van der Waals surface area contributed by atoms with Gasteiger partial charge in [0.1, 0.15) is 17.0 Å². The Balaban J connectivity index is 1.90. The molecule has 138 valence electrons. The molecule has 0 radical (unpaired) electrons. The van der Waals surface area contributed by atoms with Crippen LogP contribution >= 0.6 is 0 Å². The molecule has 0 aliphatic carbocycles. The Morgan fingerprint density at radius 3 is 2.15 bits per heavy atom. The minimum atomic E-state index is -3.30. The molecule has 0 saturated carbocycles. The maximum absolute atomic E-state index is 12.9. The van der Waals surface area contributed by atoms with Crippen molar-refractivity contribution in [3.8, 4) is 0 Å². The molecule has 1 heterocycles. The Morgan fingerprint density at radius 2 is 1.65 bits per heavy atom. The number of hydrogen-bond acceptors (Lipinski definition) is 5. The number of methoxy groups -OCH3 is 1. The molecule has 6 nitrogen and oxygen atoms in total. The molecule has 1 fully saturated rings. The van der Waals surface area contributed by atoms with Crippen LogP contribution in [0.2, 0.25) is 0 Å². The number of rotatable bonds is 5. The number of carbonyl (C=O) groups is 1. The van der Waals surface area contributed by atoms with Crippen molar-refractivity contribution >= 4 is 26.8 Å². The third kappa shape index (κ3) is 3.58. The number of sulfone groups is 1. The molecule has 8 heteroatoms. The highest BCUT2D eigenvalue weighted by molar-refractivity contribution is 7.90. The fourth-order valence-electron chi connectivity index (χ4n) is 2.79. The van der Waals surface area contributed by atoms with E-state index >= 15 is 0 Å². The van der Waals surface area contributed by atoms with Gasteiger partial charge < -0.3 is 4.74 Å². The summed E-state index contributed by atoms with van der Waals surface area (Å²) in [6, 6.07) is 12.4. The number of carbonyl (C=O) groups excluding carboxylic acids is 1. The monoisotopic (exact) mass is 393 g/mol. The van der Waals surface area contributed by atoms with E-state index in [-0.39, 0.29) is 4.90 Å². The van der Waals surface area contributed by atoms with E-state index in [9.17, 15) is 17.4 Å². The fraction of sp³-hybridized carbons (Fsp3) is 0.278. The van der Waals surface area contributed by atoms with E-state index in [2.05, 4.69) is 0 Å². The van der Waals surface area contributed by atoms with Crippen LogP contribution in [0.15, 0.2) is 58.3 Å². The van der Waals surface area contributed by atoms with Gasteiger partial charge in [-0.15, -0.1) is 0 Å². The molecule has 2 unspecified atom stereocenters. The van der Waals surface area contributed by atoms with Crippen LogP contribution in [0.5, 0.6) is 0 Å². The first-order valence-electron chi connectivity index (χ1n) is 7.89. The topological polar surface area (TPSA) is 80.5 Å². The van der Waals surface area contributed by atoms with Crippen LogP contribution in [0, 0.1) is 6.92 Å². The van der Waals surface area contributed by atoms with Gasteiger partial charge in [0.05, 0.1) is 22.9 Å². The highest BCUT2D eigenvalue weighted by Gasteiger charge is 2.58. The molecular formula is C18H19NO5S2. The minimum Gasteiger partial charge on any atom is -0.468 e. The third-order valence-electron chi connectivity index (χ3n) is 4.26. The summed E-state index contributed by atoms with van der Waals surface area (Å²) in [6.45, 7) is 1.94. The third-order valence-corrected chi connectivity index (χ3v) is 6.91. The van der Waals surface area contributed by atoms with Gasteiger partial charge in [-0.3, -0.25) is 4.79 Å².